The number of unbranched alkanes of at least 4 members (excludes halogenated alkanes) is 32. The second kappa shape index (κ2) is 45.9. The molecule has 0 aliphatic heterocycles. The normalized spacial score (nSPS) is 14.3. The minimum atomic E-state index is -4.60. The third-order valence-corrected chi connectivity index (χ3v) is 13.1. The number of quaternary nitrogens is 1. The Morgan fingerprint density at radius 2 is 0.921 bits per heavy atom. The number of carbonyl (C=O) groups is 1. The standard InChI is InChI=1S/C54H105N2O6P/c1-6-8-10-12-14-16-18-20-22-23-24-25-26-27-28-29-30-31-32-34-35-37-39-41-43-45-47-53(57)52(51-62-63(59,60)61-50-49-56(3,4)5)55-54(58)48-46-44-42-40-38-36-33-21-19-17-15-13-11-9-7-2/h15,17,21,33,45,47,52-53,57H,6-14,16,18-20,22-32,34-44,46,48-51H2,1-5H3,(H-,55,58,59,60)/b17-15-,33-21-,47-45+. The molecule has 0 aliphatic carbocycles. The molecule has 1 amide bonds. The van der Waals surface area contributed by atoms with Crippen LogP contribution in [0.1, 0.15) is 251 Å². The summed E-state index contributed by atoms with van der Waals surface area (Å²) in [6.45, 7) is 4.63. The van der Waals surface area contributed by atoms with Crippen molar-refractivity contribution in [3.8, 4) is 0 Å². The molecular formula is C54H105N2O6P. The van der Waals surface area contributed by atoms with Crippen molar-refractivity contribution in [2.75, 3.05) is 40.9 Å². The van der Waals surface area contributed by atoms with Gasteiger partial charge in [-0.1, -0.05) is 230 Å². The lowest BCUT2D eigenvalue weighted by atomic mass is 10.0. The Labute approximate surface area is 391 Å². The maximum absolute atomic E-state index is 12.9. The number of likely N-dealkylation sites (N-methyl/N-ethyl adjacent to an activating group) is 1. The van der Waals surface area contributed by atoms with Gasteiger partial charge >= 0.3 is 0 Å². The van der Waals surface area contributed by atoms with Crippen LogP contribution in [0.4, 0.5) is 0 Å². The van der Waals surface area contributed by atoms with Crippen LogP contribution in [0.2, 0.25) is 0 Å². The number of hydrogen-bond acceptors (Lipinski definition) is 6. The topological polar surface area (TPSA) is 108 Å². The van der Waals surface area contributed by atoms with Crippen LogP contribution in [-0.2, 0) is 18.4 Å². The molecule has 0 aromatic heterocycles. The highest BCUT2D eigenvalue weighted by atomic mass is 31.2. The molecule has 2 N–H and O–H groups in total. The van der Waals surface area contributed by atoms with E-state index < -0.39 is 20.0 Å². The summed E-state index contributed by atoms with van der Waals surface area (Å²) in [6, 6.07) is -0.893. The SMILES string of the molecule is CCCCC/C=C\C/C=C\CCCCCCCC(=O)NC(COP(=O)([O-])OCC[N+](C)(C)C)C(O)/C=C/CCCCCCCCCCCCCCCCCCCCCCCCCC. The fourth-order valence-corrected chi connectivity index (χ4v) is 8.55. The van der Waals surface area contributed by atoms with E-state index in [9.17, 15) is 19.4 Å². The lowest BCUT2D eigenvalue weighted by molar-refractivity contribution is -0.870. The van der Waals surface area contributed by atoms with Crippen LogP contribution in [0.25, 0.3) is 0 Å². The smallest absolute Gasteiger partial charge is 0.268 e. The molecule has 0 aromatic rings. The van der Waals surface area contributed by atoms with Gasteiger partial charge in [0.15, 0.2) is 0 Å². The molecule has 0 heterocycles. The van der Waals surface area contributed by atoms with Crippen molar-refractivity contribution < 1.29 is 32.9 Å². The lowest BCUT2D eigenvalue weighted by Gasteiger charge is -2.29. The van der Waals surface area contributed by atoms with Crippen molar-refractivity contribution in [1.82, 2.24) is 5.32 Å². The number of hydrogen-bond donors (Lipinski definition) is 2. The monoisotopic (exact) mass is 909 g/mol. The van der Waals surface area contributed by atoms with Crippen LogP contribution >= 0.6 is 7.82 Å². The summed E-state index contributed by atoms with van der Waals surface area (Å²) in [7, 11) is 1.25. The van der Waals surface area contributed by atoms with Gasteiger partial charge in [0, 0.05) is 6.42 Å². The molecule has 3 unspecified atom stereocenters. The average Bonchev–Trinajstić information content (AvgIpc) is 3.24. The molecule has 0 bridgehead atoms. The lowest BCUT2D eigenvalue weighted by Crippen LogP contribution is -2.45. The minimum absolute atomic E-state index is 0.00380. The van der Waals surface area contributed by atoms with Gasteiger partial charge in [0.05, 0.1) is 39.9 Å². The van der Waals surface area contributed by atoms with Gasteiger partial charge in [-0.15, -0.1) is 0 Å². The molecule has 63 heavy (non-hydrogen) atoms. The third kappa shape index (κ3) is 48.5. The van der Waals surface area contributed by atoms with E-state index in [0.717, 1.165) is 64.2 Å². The third-order valence-electron chi connectivity index (χ3n) is 12.1. The minimum Gasteiger partial charge on any atom is -0.756 e. The maximum Gasteiger partial charge on any atom is 0.268 e. The van der Waals surface area contributed by atoms with E-state index in [2.05, 4.69) is 43.5 Å². The van der Waals surface area contributed by atoms with Gasteiger partial charge in [-0.2, -0.15) is 0 Å². The van der Waals surface area contributed by atoms with Gasteiger partial charge in [0.1, 0.15) is 13.2 Å². The largest absolute Gasteiger partial charge is 0.756 e. The van der Waals surface area contributed by atoms with Crippen molar-refractivity contribution in [1.29, 1.82) is 0 Å². The molecule has 0 spiro atoms. The molecule has 0 saturated carbocycles. The predicted molar refractivity (Wildman–Crippen MR) is 270 cm³/mol. The van der Waals surface area contributed by atoms with Crippen LogP contribution in [0.5, 0.6) is 0 Å². The van der Waals surface area contributed by atoms with E-state index >= 15 is 0 Å². The first-order valence-corrected chi connectivity index (χ1v) is 28.3. The van der Waals surface area contributed by atoms with Crippen LogP contribution in [0.3, 0.4) is 0 Å². The first kappa shape index (κ1) is 61.7. The number of nitrogens with one attached hydrogen (secondary N) is 1. The van der Waals surface area contributed by atoms with Crippen LogP contribution in [0, 0.1) is 0 Å². The van der Waals surface area contributed by atoms with E-state index in [0.29, 0.717) is 17.4 Å². The number of nitrogens with zero attached hydrogens (tertiary/aromatic N) is 1. The highest BCUT2D eigenvalue weighted by Gasteiger charge is 2.23. The van der Waals surface area contributed by atoms with E-state index in [1.54, 1.807) is 6.08 Å². The number of rotatable bonds is 49. The summed E-state index contributed by atoms with van der Waals surface area (Å²) in [4.78, 5) is 25.4. The Morgan fingerprint density at radius 3 is 1.35 bits per heavy atom. The summed E-state index contributed by atoms with van der Waals surface area (Å²) in [5, 5.41) is 13.8. The number of allylic oxidation sites excluding steroid dienone is 5. The quantitative estimate of drug-likeness (QED) is 0.0272. The molecule has 9 heteroatoms. The first-order valence-electron chi connectivity index (χ1n) is 26.9. The zero-order valence-electron chi connectivity index (χ0n) is 42.3. The second-order valence-corrected chi connectivity index (χ2v) is 21.0. The van der Waals surface area contributed by atoms with Crippen LogP contribution in [-0.4, -0.2) is 68.5 Å². The van der Waals surface area contributed by atoms with E-state index in [4.69, 9.17) is 9.05 Å². The van der Waals surface area contributed by atoms with Crippen molar-refractivity contribution in [2.45, 2.75) is 264 Å². The summed E-state index contributed by atoms with van der Waals surface area (Å²) in [5.74, 6) is -0.210. The van der Waals surface area contributed by atoms with Gasteiger partial charge in [0.25, 0.3) is 7.82 Å². The summed E-state index contributed by atoms with van der Waals surface area (Å²) >= 11 is 0. The molecule has 0 aliphatic rings. The van der Waals surface area contributed by atoms with Gasteiger partial charge < -0.3 is 28.8 Å². The average molecular weight is 909 g/mol. The number of amides is 1. The van der Waals surface area contributed by atoms with Gasteiger partial charge in [0.2, 0.25) is 5.91 Å². The number of carbonyl (C=O) groups excluding carboxylic acids is 1. The predicted octanol–water partition coefficient (Wildman–Crippen LogP) is 15.2. The molecule has 8 nitrogen and oxygen atoms in total. The van der Waals surface area contributed by atoms with E-state index in [-0.39, 0.29) is 19.1 Å². The Kier molecular flexibility index (Phi) is 44.9. The van der Waals surface area contributed by atoms with Crippen molar-refractivity contribution in [3.63, 3.8) is 0 Å². The van der Waals surface area contributed by atoms with Crippen molar-refractivity contribution in [2.24, 2.45) is 0 Å². The van der Waals surface area contributed by atoms with Crippen LogP contribution < -0.4 is 10.2 Å². The first-order chi connectivity index (χ1) is 30.5. The number of phosphoric ester groups is 1. The maximum atomic E-state index is 12.9. The van der Waals surface area contributed by atoms with E-state index in [1.807, 2.05) is 27.2 Å². The summed E-state index contributed by atoms with van der Waals surface area (Å²) < 4.78 is 23.3. The molecule has 0 rings (SSSR count). The second-order valence-electron chi connectivity index (χ2n) is 19.6. The van der Waals surface area contributed by atoms with Crippen molar-refractivity contribution in [3.05, 3.63) is 36.5 Å². The molecule has 0 fully saturated rings. The molecular weight excluding hydrogens is 804 g/mol. The summed E-state index contributed by atoms with van der Waals surface area (Å²) in [6.07, 6.45) is 57.8. The Hall–Kier alpha value is -1.28. The highest BCUT2D eigenvalue weighted by Crippen LogP contribution is 2.38. The Bertz CT molecular complexity index is 1120. The van der Waals surface area contributed by atoms with Gasteiger partial charge in [-0.25, -0.2) is 0 Å². The highest BCUT2D eigenvalue weighted by molar-refractivity contribution is 7.45. The molecule has 3 atom stereocenters. The number of aliphatic hydroxyl groups is 1. The van der Waals surface area contributed by atoms with E-state index in [1.165, 1.54) is 167 Å². The van der Waals surface area contributed by atoms with Crippen molar-refractivity contribution >= 4 is 13.7 Å². The van der Waals surface area contributed by atoms with Crippen LogP contribution in [0.15, 0.2) is 36.5 Å². The number of phosphoric acid groups is 1. The molecule has 372 valence electrons. The Morgan fingerprint density at radius 1 is 0.556 bits per heavy atom. The summed E-state index contributed by atoms with van der Waals surface area (Å²) in [5.41, 5.74) is 0. The van der Waals surface area contributed by atoms with Gasteiger partial charge in [-0.3, -0.25) is 9.36 Å². The molecule has 0 saturated heterocycles. The van der Waals surface area contributed by atoms with Gasteiger partial charge in [-0.05, 0) is 51.4 Å². The zero-order chi connectivity index (χ0) is 46.4. The number of aliphatic hydroxyl groups excluding tert-OH is 1. The Balaban J connectivity index is 4.22. The molecule has 0 radical (unpaired) electrons. The zero-order valence-corrected chi connectivity index (χ0v) is 43.2. The fraction of sp³-hybridized carbons (Fsp3) is 0.870. The fourth-order valence-electron chi connectivity index (χ4n) is 7.83. The molecule has 0 aromatic carbocycles.